The van der Waals surface area contributed by atoms with Crippen LogP contribution in [0.4, 0.5) is 0 Å². The first-order valence-electron chi connectivity index (χ1n) is 10.3. The molecule has 0 radical (unpaired) electrons. The maximum atomic E-state index is 12.0. The Labute approximate surface area is 190 Å². The van der Waals surface area contributed by atoms with Gasteiger partial charge in [-0.3, -0.25) is 4.79 Å². The van der Waals surface area contributed by atoms with Crippen molar-refractivity contribution in [3.8, 4) is 28.8 Å². The van der Waals surface area contributed by atoms with Crippen LogP contribution >= 0.6 is 0 Å². The van der Waals surface area contributed by atoms with E-state index in [1.165, 1.54) is 6.08 Å². The third-order valence-electron chi connectivity index (χ3n) is 4.78. The Morgan fingerprint density at radius 3 is 2.33 bits per heavy atom. The number of nitrogens with zero attached hydrogens (tertiary/aromatic N) is 4. The predicted octanol–water partition coefficient (Wildman–Crippen LogP) is 3.02. The summed E-state index contributed by atoms with van der Waals surface area (Å²) in [6, 6.07) is 18.4. The molecule has 0 unspecified atom stereocenters. The first-order valence-corrected chi connectivity index (χ1v) is 10.3. The predicted molar refractivity (Wildman–Crippen MR) is 123 cm³/mol. The first kappa shape index (κ1) is 21.8. The lowest BCUT2D eigenvalue weighted by Gasteiger charge is -2.07. The number of methoxy groups -OCH3 is 2. The van der Waals surface area contributed by atoms with E-state index in [4.69, 9.17) is 14.2 Å². The number of aromatic nitrogens is 4. The van der Waals surface area contributed by atoms with Crippen molar-refractivity contribution in [2.45, 2.75) is 0 Å². The average Bonchev–Trinajstić information content (AvgIpc) is 3.29. The lowest BCUT2D eigenvalue weighted by molar-refractivity contribution is -0.116. The maximum Gasteiger partial charge on any atom is 0.244 e. The highest BCUT2D eigenvalue weighted by atomic mass is 16.5. The van der Waals surface area contributed by atoms with E-state index in [0.29, 0.717) is 23.9 Å². The van der Waals surface area contributed by atoms with Crippen LogP contribution in [0, 0.1) is 0 Å². The molecule has 2 aromatic heterocycles. The lowest BCUT2D eigenvalue weighted by atomic mass is 10.2. The molecular weight excluding hydrogens is 422 g/mol. The molecule has 0 saturated heterocycles. The Hall–Kier alpha value is -4.40. The van der Waals surface area contributed by atoms with E-state index in [9.17, 15) is 4.79 Å². The number of carbonyl (C=O) groups is 1. The second-order valence-corrected chi connectivity index (χ2v) is 6.94. The molecule has 0 bridgehead atoms. The van der Waals surface area contributed by atoms with Crippen LogP contribution in [0.3, 0.4) is 0 Å². The second-order valence-electron chi connectivity index (χ2n) is 6.94. The van der Waals surface area contributed by atoms with Crippen LogP contribution in [0.5, 0.6) is 17.4 Å². The van der Waals surface area contributed by atoms with Crippen LogP contribution < -0.4 is 19.5 Å². The van der Waals surface area contributed by atoms with Gasteiger partial charge in [0.25, 0.3) is 0 Å². The summed E-state index contributed by atoms with van der Waals surface area (Å²) in [6.07, 6.45) is 3.21. The minimum absolute atomic E-state index is 0.210. The summed E-state index contributed by atoms with van der Waals surface area (Å²) in [7, 11) is 3.23. The van der Waals surface area contributed by atoms with Crippen LogP contribution in [0.2, 0.25) is 0 Å². The first-order chi connectivity index (χ1) is 16.2. The summed E-state index contributed by atoms with van der Waals surface area (Å²) in [5.41, 5.74) is 2.36. The SMILES string of the molecule is COc1ccc(/C=C/C(=O)NCCOc2ccc3nnc(-c4ccc(OC)cc4)n3n2)cc1. The van der Waals surface area contributed by atoms with E-state index >= 15 is 0 Å². The summed E-state index contributed by atoms with van der Waals surface area (Å²) in [4.78, 5) is 12.0. The van der Waals surface area contributed by atoms with E-state index in [-0.39, 0.29) is 12.5 Å². The molecule has 0 aliphatic rings. The van der Waals surface area contributed by atoms with Crippen molar-refractivity contribution in [3.05, 3.63) is 72.3 Å². The van der Waals surface area contributed by atoms with Crippen molar-refractivity contribution in [3.63, 3.8) is 0 Å². The minimum atomic E-state index is -0.210. The number of fused-ring (bicyclic) bond motifs is 1. The number of nitrogens with one attached hydrogen (secondary N) is 1. The van der Waals surface area contributed by atoms with Crippen LogP contribution in [0.1, 0.15) is 5.56 Å². The Morgan fingerprint density at radius 2 is 1.64 bits per heavy atom. The van der Waals surface area contributed by atoms with Crippen molar-refractivity contribution in [1.29, 1.82) is 0 Å². The molecule has 0 saturated carbocycles. The standard InChI is InChI=1S/C24H23N5O4/c1-31-19-8-3-17(4-9-19)5-13-22(30)25-15-16-33-23-14-12-21-26-27-24(29(21)28-23)18-6-10-20(32-2)11-7-18/h3-14H,15-16H2,1-2H3,(H,25,30)/b13-5+. The highest BCUT2D eigenvalue weighted by Gasteiger charge is 2.11. The van der Waals surface area contributed by atoms with Gasteiger partial charge < -0.3 is 19.5 Å². The third kappa shape index (κ3) is 5.45. The summed E-state index contributed by atoms with van der Waals surface area (Å²) >= 11 is 0. The minimum Gasteiger partial charge on any atom is -0.497 e. The van der Waals surface area contributed by atoms with Gasteiger partial charge in [0.1, 0.15) is 18.1 Å². The van der Waals surface area contributed by atoms with Crippen LogP contribution in [0.15, 0.2) is 66.7 Å². The summed E-state index contributed by atoms with van der Waals surface area (Å²) < 4.78 is 17.6. The van der Waals surface area contributed by atoms with Crippen LogP contribution in [0.25, 0.3) is 23.1 Å². The van der Waals surface area contributed by atoms with Crippen molar-refractivity contribution in [1.82, 2.24) is 25.1 Å². The molecule has 33 heavy (non-hydrogen) atoms. The number of rotatable bonds is 9. The molecular formula is C24H23N5O4. The van der Waals surface area contributed by atoms with E-state index in [2.05, 4.69) is 20.6 Å². The average molecular weight is 445 g/mol. The van der Waals surface area contributed by atoms with Crippen molar-refractivity contribution in [2.24, 2.45) is 0 Å². The normalized spacial score (nSPS) is 11.0. The fourth-order valence-electron chi connectivity index (χ4n) is 3.04. The molecule has 9 heteroatoms. The molecule has 4 rings (SSSR count). The zero-order valence-corrected chi connectivity index (χ0v) is 18.3. The molecule has 0 fully saturated rings. The number of amides is 1. The van der Waals surface area contributed by atoms with Gasteiger partial charge in [0, 0.05) is 17.7 Å². The number of ether oxygens (including phenoxy) is 3. The van der Waals surface area contributed by atoms with Gasteiger partial charge in [0.05, 0.1) is 20.8 Å². The fourth-order valence-corrected chi connectivity index (χ4v) is 3.04. The smallest absolute Gasteiger partial charge is 0.244 e. The van der Waals surface area contributed by atoms with E-state index in [0.717, 1.165) is 22.6 Å². The summed E-state index contributed by atoms with van der Waals surface area (Å²) in [5, 5.41) is 15.6. The molecule has 2 heterocycles. The largest absolute Gasteiger partial charge is 0.497 e. The van der Waals surface area contributed by atoms with E-state index in [1.54, 1.807) is 36.9 Å². The van der Waals surface area contributed by atoms with Gasteiger partial charge >= 0.3 is 0 Å². The topological polar surface area (TPSA) is 99.9 Å². The van der Waals surface area contributed by atoms with Gasteiger partial charge in [-0.15, -0.1) is 15.3 Å². The summed E-state index contributed by atoms with van der Waals surface area (Å²) in [6.45, 7) is 0.597. The molecule has 168 valence electrons. The Kier molecular flexibility index (Phi) is 6.79. The fraction of sp³-hybridized carbons (Fsp3) is 0.167. The molecule has 1 N–H and O–H groups in total. The lowest BCUT2D eigenvalue weighted by Crippen LogP contribution is -2.26. The Morgan fingerprint density at radius 1 is 0.939 bits per heavy atom. The second kappa shape index (κ2) is 10.3. The molecule has 4 aromatic rings. The van der Waals surface area contributed by atoms with Gasteiger partial charge in [-0.05, 0) is 54.1 Å². The highest BCUT2D eigenvalue weighted by molar-refractivity contribution is 5.91. The number of hydrogen-bond donors (Lipinski definition) is 1. The maximum absolute atomic E-state index is 12.0. The van der Waals surface area contributed by atoms with Gasteiger partial charge in [-0.25, -0.2) is 0 Å². The monoisotopic (exact) mass is 445 g/mol. The molecule has 2 aromatic carbocycles. The van der Waals surface area contributed by atoms with Crippen LogP contribution in [-0.4, -0.2) is 53.1 Å². The van der Waals surface area contributed by atoms with Crippen molar-refractivity contribution >= 4 is 17.6 Å². The zero-order valence-electron chi connectivity index (χ0n) is 18.3. The van der Waals surface area contributed by atoms with E-state index < -0.39 is 0 Å². The van der Waals surface area contributed by atoms with Gasteiger partial charge in [0.2, 0.25) is 11.8 Å². The van der Waals surface area contributed by atoms with Gasteiger partial charge in [-0.2, -0.15) is 4.52 Å². The third-order valence-corrected chi connectivity index (χ3v) is 4.78. The Balaban J connectivity index is 1.31. The number of carbonyl (C=O) groups excluding carboxylic acids is 1. The summed E-state index contributed by atoms with van der Waals surface area (Å²) in [5.74, 6) is 2.31. The quantitative estimate of drug-likeness (QED) is 0.312. The number of hydrogen-bond acceptors (Lipinski definition) is 7. The van der Waals surface area contributed by atoms with Gasteiger partial charge in [-0.1, -0.05) is 12.1 Å². The zero-order chi connectivity index (χ0) is 23.0. The molecule has 0 spiro atoms. The van der Waals surface area contributed by atoms with Crippen LogP contribution in [-0.2, 0) is 4.79 Å². The Bertz CT molecular complexity index is 1250. The highest BCUT2D eigenvalue weighted by Crippen LogP contribution is 2.21. The molecule has 0 atom stereocenters. The number of benzene rings is 2. The molecule has 9 nitrogen and oxygen atoms in total. The molecule has 0 aliphatic carbocycles. The van der Waals surface area contributed by atoms with Gasteiger partial charge in [0.15, 0.2) is 11.5 Å². The van der Waals surface area contributed by atoms with Crippen molar-refractivity contribution < 1.29 is 19.0 Å². The molecule has 0 aliphatic heterocycles. The van der Waals surface area contributed by atoms with E-state index in [1.807, 2.05) is 48.5 Å². The van der Waals surface area contributed by atoms with Crippen molar-refractivity contribution in [2.75, 3.05) is 27.4 Å². The molecule has 1 amide bonds.